The summed E-state index contributed by atoms with van der Waals surface area (Å²) in [6.45, 7) is 6.32. The van der Waals surface area contributed by atoms with Gasteiger partial charge in [-0.25, -0.2) is 4.79 Å². The maximum Gasteiger partial charge on any atom is 0.492 e. The van der Waals surface area contributed by atoms with Gasteiger partial charge in [0.25, 0.3) is 0 Å². The molecule has 0 aliphatic carbocycles. The molecule has 0 fully saturated rings. The first-order chi connectivity index (χ1) is 16.0. The van der Waals surface area contributed by atoms with Crippen molar-refractivity contribution >= 4 is 14.9 Å². The molecule has 0 unspecified atom stereocenters. The summed E-state index contributed by atoms with van der Waals surface area (Å²) in [5, 5.41) is 2.43. The van der Waals surface area contributed by atoms with Gasteiger partial charge in [-0.05, 0) is 6.42 Å². The van der Waals surface area contributed by atoms with Crippen molar-refractivity contribution in [3.05, 3.63) is 0 Å². The smallest absolute Gasteiger partial charge is 0.447 e. The minimum Gasteiger partial charge on any atom is -0.447 e. The van der Waals surface area contributed by atoms with Crippen LogP contribution in [0.25, 0.3) is 0 Å². The van der Waals surface area contributed by atoms with Crippen LogP contribution < -0.4 is 5.32 Å². The summed E-state index contributed by atoms with van der Waals surface area (Å²) in [5.74, 6) is 0. The normalized spacial score (nSPS) is 11.6. The monoisotopic (exact) mass is 503 g/mol. The highest BCUT2D eigenvalue weighted by Gasteiger charge is 2.25. The molecule has 0 aromatic heterocycles. The summed E-state index contributed by atoms with van der Waals surface area (Å²) in [6, 6.07) is -0.141. The van der Waals surface area contributed by atoms with Gasteiger partial charge >= 0.3 is 14.9 Å². The van der Waals surface area contributed by atoms with Gasteiger partial charge in [0.15, 0.2) is 0 Å². The van der Waals surface area contributed by atoms with Gasteiger partial charge < -0.3 is 57.6 Å². The number of ether oxygens (including phenoxy) is 8. The van der Waals surface area contributed by atoms with Crippen LogP contribution in [0.5, 0.6) is 0 Å². The lowest BCUT2D eigenvalue weighted by molar-refractivity contribution is -0.0205. The second-order valence-electron chi connectivity index (χ2n) is 6.61. The Balaban J connectivity index is 3.13. The number of hydrogen-bond donors (Lipinski definition) is 4. The van der Waals surface area contributed by atoms with Gasteiger partial charge in [0, 0.05) is 19.7 Å². The third-order valence-electron chi connectivity index (χ3n) is 3.71. The topological polar surface area (TPSA) is 164 Å². The van der Waals surface area contributed by atoms with Gasteiger partial charge in [0.1, 0.15) is 6.61 Å². The SMILES string of the molecule is COCCOCCOCCOCCOCCOCCOCCOC(=O)NCCC[Si](O)(O)O. The van der Waals surface area contributed by atoms with Crippen LogP contribution in [0.15, 0.2) is 0 Å². The molecule has 0 spiro atoms. The molecule has 1 amide bonds. The highest BCUT2D eigenvalue weighted by atomic mass is 28.4. The average molecular weight is 504 g/mol. The molecule has 198 valence electrons. The van der Waals surface area contributed by atoms with Crippen molar-refractivity contribution in [3.8, 4) is 0 Å². The van der Waals surface area contributed by atoms with Crippen molar-refractivity contribution in [1.29, 1.82) is 0 Å². The molecule has 0 aromatic rings. The number of amides is 1. The molecular formula is C19H41NO12Si. The molecule has 0 radical (unpaired) electrons. The predicted molar refractivity (Wildman–Crippen MR) is 118 cm³/mol. The quantitative estimate of drug-likeness (QED) is 0.0867. The Morgan fingerprint density at radius 3 is 1.36 bits per heavy atom. The molecule has 0 heterocycles. The third kappa shape index (κ3) is 29.1. The van der Waals surface area contributed by atoms with Gasteiger partial charge in [0.05, 0.1) is 85.9 Å². The summed E-state index contributed by atoms with van der Waals surface area (Å²) in [6.07, 6.45) is -0.385. The van der Waals surface area contributed by atoms with Crippen molar-refractivity contribution < 1.29 is 57.1 Å². The largest absolute Gasteiger partial charge is 0.492 e. The van der Waals surface area contributed by atoms with Gasteiger partial charge in [-0.2, -0.15) is 0 Å². The minimum absolute atomic E-state index is 0.0842. The van der Waals surface area contributed by atoms with E-state index in [1.807, 2.05) is 0 Å². The zero-order chi connectivity index (χ0) is 24.5. The Morgan fingerprint density at radius 1 is 0.636 bits per heavy atom. The first-order valence-electron chi connectivity index (χ1n) is 11.0. The van der Waals surface area contributed by atoms with Crippen molar-refractivity contribution in [2.45, 2.75) is 12.5 Å². The van der Waals surface area contributed by atoms with Crippen LogP contribution >= 0.6 is 0 Å². The van der Waals surface area contributed by atoms with E-state index in [1.54, 1.807) is 7.11 Å². The van der Waals surface area contributed by atoms with Crippen molar-refractivity contribution in [1.82, 2.24) is 5.32 Å². The number of methoxy groups -OCH3 is 1. The van der Waals surface area contributed by atoms with E-state index in [1.165, 1.54) is 0 Å². The van der Waals surface area contributed by atoms with Gasteiger partial charge in [0.2, 0.25) is 0 Å². The van der Waals surface area contributed by atoms with Crippen LogP contribution in [0.4, 0.5) is 4.79 Å². The van der Waals surface area contributed by atoms with Crippen LogP contribution in [0, 0.1) is 0 Å². The second kappa shape index (κ2) is 24.2. The molecule has 0 rings (SSSR count). The Bertz CT molecular complexity index is 428. The fourth-order valence-corrected chi connectivity index (χ4v) is 2.76. The number of alkyl carbamates (subject to hydrolysis) is 1. The first-order valence-corrected chi connectivity index (χ1v) is 13.0. The molecule has 0 saturated heterocycles. The summed E-state index contributed by atoms with van der Waals surface area (Å²) in [4.78, 5) is 37.8. The van der Waals surface area contributed by atoms with E-state index in [9.17, 15) is 4.79 Å². The number of nitrogens with one attached hydrogen (secondary N) is 1. The molecule has 0 atom stereocenters. The van der Waals surface area contributed by atoms with Gasteiger partial charge in [-0.3, -0.25) is 0 Å². The summed E-state index contributed by atoms with van der Waals surface area (Å²) in [7, 11) is -2.42. The zero-order valence-corrected chi connectivity index (χ0v) is 20.5. The van der Waals surface area contributed by atoms with Gasteiger partial charge in [-0.1, -0.05) is 0 Å². The maximum atomic E-state index is 11.3. The minimum atomic E-state index is -4.05. The molecule has 0 aromatic carbocycles. The van der Waals surface area contributed by atoms with Crippen LogP contribution in [-0.4, -0.2) is 135 Å². The highest BCUT2D eigenvalue weighted by Crippen LogP contribution is 1.99. The zero-order valence-electron chi connectivity index (χ0n) is 19.5. The molecular weight excluding hydrogens is 462 g/mol. The number of carbonyl (C=O) groups excluding carboxylic acids is 1. The molecule has 0 aliphatic heterocycles. The van der Waals surface area contributed by atoms with Crippen molar-refractivity contribution in [3.63, 3.8) is 0 Å². The summed E-state index contributed by atoms with van der Waals surface area (Å²) < 4.78 is 41.7. The van der Waals surface area contributed by atoms with Crippen LogP contribution in [-0.2, 0) is 37.9 Å². The molecule has 0 bridgehead atoms. The number of hydrogen-bond acceptors (Lipinski definition) is 12. The second-order valence-corrected chi connectivity index (χ2v) is 8.66. The van der Waals surface area contributed by atoms with Crippen molar-refractivity contribution in [2.24, 2.45) is 0 Å². The van der Waals surface area contributed by atoms with Crippen LogP contribution in [0.3, 0.4) is 0 Å². The van der Waals surface area contributed by atoms with Crippen LogP contribution in [0.1, 0.15) is 6.42 Å². The Kier molecular flexibility index (Phi) is 23.5. The lowest BCUT2D eigenvalue weighted by Gasteiger charge is -2.10. The Labute approximate surface area is 196 Å². The van der Waals surface area contributed by atoms with Gasteiger partial charge in [-0.15, -0.1) is 0 Å². The fourth-order valence-electron chi connectivity index (χ4n) is 2.10. The van der Waals surface area contributed by atoms with E-state index in [-0.39, 0.29) is 32.2 Å². The standard InChI is InChI=1S/C19H41NO12Si/c1-25-4-5-26-6-7-27-8-9-28-10-11-29-12-13-30-14-15-31-16-17-32-19(21)20-3-2-18-33(22,23)24/h22-24H,2-18H2,1H3,(H,20,21). The van der Waals surface area contributed by atoms with E-state index < -0.39 is 14.9 Å². The molecule has 14 heteroatoms. The Hall–Kier alpha value is -0.913. The molecule has 33 heavy (non-hydrogen) atoms. The molecule has 13 nitrogen and oxygen atoms in total. The van der Waals surface area contributed by atoms with E-state index in [4.69, 9.17) is 52.3 Å². The van der Waals surface area contributed by atoms with E-state index in [2.05, 4.69) is 5.32 Å². The molecule has 0 saturated carbocycles. The average Bonchev–Trinajstić information content (AvgIpc) is 2.77. The maximum absolute atomic E-state index is 11.3. The molecule has 4 N–H and O–H groups in total. The number of rotatable bonds is 25. The van der Waals surface area contributed by atoms with E-state index in [0.717, 1.165) is 0 Å². The fraction of sp³-hybridized carbons (Fsp3) is 0.947. The third-order valence-corrected chi connectivity index (χ3v) is 4.74. The first kappa shape index (κ1) is 32.1. The van der Waals surface area contributed by atoms with Crippen molar-refractivity contribution in [2.75, 3.05) is 106 Å². The molecule has 0 aliphatic rings. The number of carbonyl (C=O) groups is 1. The lowest BCUT2D eigenvalue weighted by Crippen LogP contribution is -2.36. The predicted octanol–water partition coefficient (Wildman–Crippen LogP) is -1.24. The highest BCUT2D eigenvalue weighted by molar-refractivity contribution is 6.56. The van der Waals surface area contributed by atoms with E-state index >= 15 is 0 Å². The van der Waals surface area contributed by atoms with E-state index in [0.29, 0.717) is 79.3 Å². The summed E-state index contributed by atoms with van der Waals surface area (Å²) in [5.41, 5.74) is 0. The lowest BCUT2D eigenvalue weighted by atomic mass is 10.5. The Morgan fingerprint density at radius 2 is 1.00 bits per heavy atom. The van der Waals surface area contributed by atoms with Crippen LogP contribution in [0.2, 0.25) is 6.04 Å². The summed E-state index contributed by atoms with van der Waals surface area (Å²) >= 11 is 0.